The van der Waals surface area contributed by atoms with Crippen molar-refractivity contribution in [1.82, 2.24) is 0 Å². The molecule has 0 amide bonds. The molecule has 0 aliphatic carbocycles. The zero-order chi connectivity index (χ0) is 32.2. The van der Waals surface area contributed by atoms with E-state index in [9.17, 15) is 0 Å². The Morgan fingerprint density at radius 3 is 1.72 bits per heavy atom. The highest BCUT2D eigenvalue weighted by Gasteiger charge is 2.20. The number of fused-ring (bicyclic) bond motifs is 3. The number of hydrogen-bond donors (Lipinski definition) is 0. The predicted molar refractivity (Wildman–Crippen MR) is 206 cm³/mol. The number of rotatable bonds is 6. The highest BCUT2D eigenvalue weighted by Crippen LogP contribution is 2.45. The van der Waals surface area contributed by atoms with E-state index in [1.54, 1.807) is 0 Å². The summed E-state index contributed by atoms with van der Waals surface area (Å²) in [5, 5.41) is 7.33. The Morgan fingerprint density at radius 2 is 1.04 bits per heavy atom. The molecule has 0 radical (unpaired) electrons. The molecule has 0 spiro atoms. The summed E-state index contributed by atoms with van der Waals surface area (Å²) in [5.74, 6) is 0. The maximum Gasteiger partial charge on any atom is -0.00204 e. The van der Waals surface area contributed by atoms with Gasteiger partial charge in [-0.2, -0.15) is 0 Å². The summed E-state index contributed by atoms with van der Waals surface area (Å²) in [5.41, 5.74) is 12.0. The van der Waals surface area contributed by atoms with E-state index < -0.39 is 0 Å². The standard InChI is InChI=1S/C44H34.C2H6/c1-5-13-30-20-21-32(26-29(30)4)33-22-23-35-28-36(25-24-34(35)27-33)43-37(6-2)38(7-3)44(42-18-11-10-17-41(42)43)40-19-12-15-31-14-8-9-16-39(31)40;1-2/h5-28H,2-3H2,1,4H3;1-2H3/b13-5-;. The Kier molecular flexibility index (Phi) is 8.81. The SMILES string of the molecule is C=Cc1c(C=C)c(-c2cccc3ccccc23)c2ccccc2c1-c1ccc2cc(-c3ccc(/C=C\C)c(C)c3)ccc2c1.CC. The van der Waals surface area contributed by atoms with Crippen LogP contribution in [0.15, 0.2) is 141 Å². The van der Waals surface area contributed by atoms with Crippen LogP contribution in [0.2, 0.25) is 0 Å². The average Bonchev–Trinajstić information content (AvgIpc) is 3.11. The molecule has 0 heteroatoms. The van der Waals surface area contributed by atoms with Gasteiger partial charge in [0.15, 0.2) is 0 Å². The van der Waals surface area contributed by atoms with Crippen molar-refractivity contribution in [2.45, 2.75) is 27.7 Å². The van der Waals surface area contributed by atoms with Gasteiger partial charge in [-0.15, -0.1) is 0 Å². The Labute approximate surface area is 273 Å². The summed E-state index contributed by atoms with van der Waals surface area (Å²) in [6.45, 7) is 16.9. The summed E-state index contributed by atoms with van der Waals surface area (Å²) >= 11 is 0. The minimum atomic E-state index is 1.11. The van der Waals surface area contributed by atoms with E-state index in [4.69, 9.17) is 0 Å². The van der Waals surface area contributed by atoms with Gasteiger partial charge in [-0.1, -0.05) is 161 Å². The molecule has 0 unspecified atom stereocenters. The first kappa shape index (κ1) is 30.6. The second-order valence-corrected chi connectivity index (χ2v) is 11.4. The van der Waals surface area contributed by atoms with Crippen molar-refractivity contribution in [3.8, 4) is 33.4 Å². The predicted octanol–water partition coefficient (Wildman–Crippen LogP) is 13.8. The molecule has 0 atom stereocenters. The van der Waals surface area contributed by atoms with Crippen LogP contribution in [0.1, 0.15) is 43.0 Å². The fourth-order valence-corrected chi connectivity index (χ4v) is 6.75. The lowest BCUT2D eigenvalue weighted by molar-refractivity contribution is 1.44. The fourth-order valence-electron chi connectivity index (χ4n) is 6.75. The van der Waals surface area contributed by atoms with E-state index in [-0.39, 0.29) is 0 Å². The van der Waals surface area contributed by atoms with E-state index in [0.29, 0.717) is 0 Å². The second kappa shape index (κ2) is 13.3. The van der Waals surface area contributed by atoms with Crippen LogP contribution in [-0.4, -0.2) is 0 Å². The van der Waals surface area contributed by atoms with Crippen LogP contribution < -0.4 is 0 Å². The van der Waals surface area contributed by atoms with Crippen LogP contribution >= 0.6 is 0 Å². The van der Waals surface area contributed by atoms with Crippen molar-refractivity contribution < 1.29 is 0 Å². The smallest absolute Gasteiger partial charge is 0.00204 e. The topological polar surface area (TPSA) is 0 Å². The molecule has 7 rings (SSSR count). The van der Waals surface area contributed by atoms with Gasteiger partial charge < -0.3 is 0 Å². The van der Waals surface area contributed by atoms with E-state index in [2.05, 4.69) is 160 Å². The molecule has 0 N–H and O–H groups in total. The number of hydrogen-bond acceptors (Lipinski definition) is 0. The first-order valence-corrected chi connectivity index (χ1v) is 16.2. The van der Waals surface area contributed by atoms with E-state index in [1.165, 1.54) is 76.8 Å². The van der Waals surface area contributed by atoms with E-state index in [1.807, 2.05) is 26.0 Å². The minimum Gasteiger partial charge on any atom is -0.0984 e. The summed E-state index contributed by atoms with van der Waals surface area (Å²) < 4.78 is 0. The van der Waals surface area contributed by atoms with Crippen molar-refractivity contribution >= 4 is 50.5 Å². The molecule has 0 aliphatic rings. The quantitative estimate of drug-likeness (QED) is 0.180. The molecule has 224 valence electrons. The zero-order valence-corrected chi connectivity index (χ0v) is 27.3. The summed E-state index contributed by atoms with van der Waals surface area (Å²) in [4.78, 5) is 0. The molecule has 0 aliphatic heterocycles. The van der Waals surface area contributed by atoms with Gasteiger partial charge in [0, 0.05) is 0 Å². The molecule has 0 saturated carbocycles. The Bertz CT molecular complexity index is 2270. The first-order valence-electron chi connectivity index (χ1n) is 16.2. The van der Waals surface area contributed by atoms with Gasteiger partial charge in [-0.3, -0.25) is 0 Å². The van der Waals surface area contributed by atoms with Gasteiger partial charge in [0.2, 0.25) is 0 Å². The van der Waals surface area contributed by atoms with Crippen LogP contribution in [0, 0.1) is 6.92 Å². The third kappa shape index (κ3) is 5.37. The molecule has 46 heavy (non-hydrogen) atoms. The Hall–Kier alpha value is -5.46. The van der Waals surface area contributed by atoms with Crippen molar-refractivity contribution in [2.24, 2.45) is 0 Å². The van der Waals surface area contributed by atoms with Crippen LogP contribution in [-0.2, 0) is 0 Å². The van der Waals surface area contributed by atoms with Gasteiger partial charge in [0.05, 0.1) is 0 Å². The van der Waals surface area contributed by atoms with Gasteiger partial charge in [0.25, 0.3) is 0 Å². The molecular formula is C46H40. The number of allylic oxidation sites excluding steroid dienone is 1. The van der Waals surface area contributed by atoms with Crippen LogP contribution in [0.4, 0.5) is 0 Å². The maximum absolute atomic E-state index is 4.31. The molecular weight excluding hydrogens is 553 g/mol. The fraction of sp³-hybridized carbons (Fsp3) is 0.0870. The third-order valence-electron chi connectivity index (χ3n) is 8.84. The number of aryl methyl sites for hydroxylation is 1. The van der Waals surface area contributed by atoms with Crippen molar-refractivity contribution in [3.63, 3.8) is 0 Å². The lowest BCUT2D eigenvalue weighted by atomic mass is 9.82. The van der Waals surface area contributed by atoms with E-state index >= 15 is 0 Å². The van der Waals surface area contributed by atoms with Crippen molar-refractivity contribution in [3.05, 3.63) is 163 Å². The van der Waals surface area contributed by atoms with Gasteiger partial charge in [-0.05, 0) is 114 Å². The van der Waals surface area contributed by atoms with Crippen molar-refractivity contribution in [1.29, 1.82) is 0 Å². The molecule has 0 heterocycles. The highest BCUT2D eigenvalue weighted by molar-refractivity contribution is 6.15. The van der Waals surface area contributed by atoms with Crippen LogP contribution in [0.25, 0.3) is 83.9 Å². The molecule has 0 saturated heterocycles. The normalized spacial score (nSPS) is 11.1. The Morgan fingerprint density at radius 1 is 0.500 bits per heavy atom. The molecule has 7 aromatic carbocycles. The van der Waals surface area contributed by atoms with Gasteiger partial charge >= 0.3 is 0 Å². The van der Waals surface area contributed by atoms with Crippen LogP contribution in [0.5, 0.6) is 0 Å². The molecule has 0 nitrogen and oxygen atoms in total. The lowest BCUT2D eigenvalue weighted by Gasteiger charge is -2.21. The largest absolute Gasteiger partial charge is 0.0984 e. The lowest BCUT2D eigenvalue weighted by Crippen LogP contribution is -1.96. The summed E-state index contributed by atoms with van der Waals surface area (Å²) in [6.07, 6.45) is 8.25. The summed E-state index contributed by atoms with van der Waals surface area (Å²) in [7, 11) is 0. The van der Waals surface area contributed by atoms with E-state index in [0.717, 1.165) is 11.1 Å². The van der Waals surface area contributed by atoms with Crippen molar-refractivity contribution in [2.75, 3.05) is 0 Å². The average molecular weight is 593 g/mol. The molecule has 0 aromatic heterocycles. The zero-order valence-electron chi connectivity index (χ0n) is 27.3. The third-order valence-corrected chi connectivity index (χ3v) is 8.84. The van der Waals surface area contributed by atoms with Crippen LogP contribution in [0.3, 0.4) is 0 Å². The maximum atomic E-state index is 4.31. The van der Waals surface area contributed by atoms with Gasteiger partial charge in [0.1, 0.15) is 0 Å². The first-order chi connectivity index (χ1) is 22.6. The number of benzene rings is 7. The van der Waals surface area contributed by atoms with Gasteiger partial charge in [-0.25, -0.2) is 0 Å². The molecule has 0 bridgehead atoms. The second-order valence-electron chi connectivity index (χ2n) is 11.4. The molecule has 0 fully saturated rings. The highest BCUT2D eigenvalue weighted by atomic mass is 14.2. The Balaban J connectivity index is 0.00000182. The molecule has 7 aromatic rings. The minimum absolute atomic E-state index is 1.11. The monoisotopic (exact) mass is 592 g/mol. The summed E-state index contributed by atoms with van der Waals surface area (Å²) in [6, 6.07) is 44.2.